The molecule has 0 radical (unpaired) electrons. The number of hydrogen-bond acceptors (Lipinski definition) is 6. The SMILES string of the molecule is CCOc1cc(/C=C(\C#N)c2ccc([N+](=O)[O-])cc2)cc(Br)c1OCC(=O)Nc1ccc(C)cc1C. The van der Waals surface area contributed by atoms with Gasteiger partial charge in [-0.05, 0) is 89.8 Å². The molecule has 0 atom stereocenters. The number of ether oxygens (including phenoxy) is 2. The predicted octanol–water partition coefficient (Wildman–Crippen LogP) is 6.45. The molecule has 0 saturated carbocycles. The third kappa shape index (κ3) is 6.71. The van der Waals surface area contributed by atoms with Gasteiger partial charge in [-0.3, -0.25) is 14.9 Å². The van der Waals surface area contributed by atoms with Crippen LogP contribution in [0.1, 0.15) is 29.2 Å². The van der Waals surface area contributed by atoms with Crippen LogP contribution in [0, 0.1) is 35.3 Å². The summed E-state index contributed by atoms with van der Waals surface area (Å²) in [5, 5.41) is 23.4. The van der Waals surface area contributed by atoms with E-state index in [1.54, 1.807) is 18.2 Å². The molecule has 3 aromatic carbocycles. The maximum Gasteiger partial charge on any atom is 0.269 e. The fourth-order valence-corrected chi connectivity index (χ4v) is 4.04. The molecule has 0 bridgehead atoms. The van der Waals surface area contributed by atoms with Gasteiger partial charge in [-0.15, -0.1) is 0 Å². The number of nitriles is 1. The lowest BCUT2D eigenvalue weighted by Gasteiger charge is -2.15. The van der Waals surface area contributed by atoms with Crippen LogP contribution >= 0.6 is 15.9 Å². The monoisotopic (exact) mass is 549 g/mol. The summed E-state index contributed by atoms with van der Waals surface area (Å²) < 4.78 is 12.1. The van der Waals surface area contributed by atoms with Gasteiger partial charge in [-0.25, -0.2) is 0 Å². The van der Waals surface area contributed by atoms with Crippen molar-refractivity contribution >= 4 is 44.9 Å². The van der Waals surface area contributed by atoms with Gasteiger partial charge >= 0.3 is 0 Å². The summed E-state index contributed by atoms with van der Waals surface area (Å²) in [6.45, 7) is 5.86. The van der Waals surface area contributed by atoms with Crippen molar-refractivity contribution in [2.24, 2.45) is 0 Å². The summed E-state index contributed by atoms with van der Waals surface area (Å²) in [6, 6.07) is 17.1. The zero-order chi connectivity index (χ0) is 26.2. The number of nitrogens with one attached hydrogen (secondary N) is 1. The average molecular weight is 550 g/mol. The van der Waals surface area contributed by atoms with Crippen LogP contribution in [0.3, 0.4) is 0 Å². The van der Waals surface area contributed by atoms with E-state index in [4.69, 9.17) is 9.47 Å². The van der Waals surface area contributed by atoms with Gasteiger partial charge < -0.3 is 14.8 Å². The van der Waals surface area contributed by atoms with Crippen LogP contribution in [0.25, 0.3) is 11.6 Å². The number of aryl methyl sites for hydroxylation is 2. The summed E-state index contributed by atoms with van der Waals surface area (Å²) in [6.07, 6.45) is 1.64. The summed E-state index contributed by atoms with van der Waals surface area (Å²) in [5.74, 6) is 0.447. The van der Waals surface area contributed by atoms with Gasteiger partial charge in [-0.1, -0.05) is 17.7 Å². The van der Waals surface area contributed by atoms with E-state index in [1.807, 2.05) is 39.0 Å². The normalized spacial score (nSPS) is 10.9. The Morgan fingerprint density at radius 2 is 1.86 bits per heavy atom. The van der Waals surface area contributed by atoms with E-state index in [0.717, 1.165) is 11.1 Å². The first kappa shape index (κ1) is 26.4. The molecule has 0 unspecified atom stereocenters. The third-order valence-corrected chi connectivity index (χ3v) is 5.74. The van der Waals surface area contributed by atoms with E-state index >= 15 is 0 Å². The van der Waals surface area contributed by atoms with Crippen LogP contribution in [0.5, 0.6) is 11.5 Å². The number of non-ortho nitro benzene ring substituents is 1. The Labute approximate surface area is 217 Å². The molecule has 184 valence electrons. The summed E-state index contributed by atoms with van der Waals surface area (Å²) in [4.78, 5) is 22.9. The van der Waals surface area contributed by atoms with Crippen molar-refractivity contribution in [1.82, 2.24) is 0 Å². The van der Waals surface area contributed by atoms with E-state index in [9.17, 15) is 20.2 Å². The van der Waals surface area contributed by atoms with Crippen LogP contribution in [-0.4, -0.2) is 24.0 Å². The highest BCUT2D eigenvalue weighted by atomic mass is 79.9. The molecule has 9 heteroatoms. The molecule has 3 aromatic rings. The molecule has 8 nitrogen and oxygen atoms in total. The molecule has 0 aromatic heterocycles. The Bertz CT molecular complexity index is 1360. The minimum atomic E-state index is -0.494. The highest BCUT2D eigenvalue weighted by molar-refractivity contribution is 9.10. The molecule has 0 saturated heterocycles. The van der Waals surface area contributed by atoms with Gasteiger partial charge in [0.1, 0.15) is 0 Å². The first-order valence-electron chi connectivity index (χ1n) is 11.0. The van der Waals surface area contributed by atoms with Crippen molar-refractivity contribution in [3.63, 3.8) is 0 Å². The maximum absolute atomic E-state index is 12.5. The molecule has 1 N–H and O–H groups in total. The van der Waals surface area contributed by atoms with Gasteiger partial charge in [0.25, 0.3) is 11.6 Å². The Morgan fingerprint density at radius 1 is 1.14 bits per heavy atom. The van der Waals surface area contributed by atoms with E-state index in [0.29, 0.717) is 45.0 Å². The average Bonchev–Trinajstić information content (AvgIpc) is 2.84. The lowest BCUT2D eigenvalue weighted by atomic mass is 10.0. The number of hydrogen-bond donors (Lipinski definition) is 1. The fourth-order valence-electron chi connectivity index (χ4n) is 3.46. The Morgan fingerprint density at radius 3 is 2.47 bits per heavy atom. The Kier molecular flexibility index (Phi) is 8.81. The number of allylic oxidation sites excluding steroid dienone is 1. The largest absolute Gasteiger partial charge is 0.490 e. The first-order chi connectivity index (χ1) is 17.2. The molecule has 0 aliphatic rings. The van der Waals surface area contributed by atoms with Gasteiger partial charge in [0.2, 0.25) is 0 Å². The quantitative estimate of drug-likeness (QED) is 0.142. The molecule has 3 rings (SSSR count). The van der Waals surface area contributed by atoms with Crippen molar-refractivity contribution < 1.29 is 19.2 Å². The van der Waals surface area contributed by atoms with Crippen molar-refractivity contribution in [1.29, 1.82) is 5.26 Å². The molecule has 1 amide bonds. The van der Waals surface area contributed by atoms with E-state index in [-0.39, 0.29) is 18.2 Å². The number of nitrogens with zero attached hydrogens (tertiary/aromatic N) is 2. The second-order valence-corrected chi connectivity index (χ2v) is 8.75. The number of carbonyl (C=O) groups is 1. The van der Waals surface area contributed by atoms with Crippen LogP contribution in [-0.2, 0) is 4.79 Å². The molecule has 0 heterocycles. The van der Waals surface area contributed by atoms with Crippen molar-refractivity contribution in [3.8, 4) is 17.6 Å². The van der Waals surface area contributed by atoms with Crippen LogP contribution in [0.4, 0.5) is 11.4 Å². The Hall–Kier alpha value is -4.16. The fraction of sp³-hybridized carbons (Fsp3) is 0.185. The summed E-state index contributed by atoms with van der Waals surface area (Å²) in [7, 11) is 0. The zero-order valence-corrected chi connectivity index (χ0v) is 21.6. The highest BCUT2D eigenvalue weighted by Crippen LogP contribution is 2.38. The number of carbonyl (C=O) groups excluding carboxylic acids is 1. The molecule has 0 aliphatic carbocycles. The number of benzene rings is 3. The number of halogens is 1. The maximum atomic E-state index is 12.5. The zero-order valence-electron chi connectivity index (χ0n) is 20.0. The van der Waals surface area contributed by atoms with E-state index < -0.39 is 4.92 Å². The number of anilines is 1. The topological polar surface area (TPSA) is 114 Å². The number of amides is 1. The molecular formula is C27H24BrN3O5. The second kappa shape index (κ2) is 12.0. The van der Waals surface area contributed by atoms with Gasteiger partial charge in [0.15, 0.2) is 18.1 Å². The molecule has 0 fully saturated rings. The first-order valence-corrected chi connectivity index (χ1v) is 11.8. The number of nitro benzene ring substituents is 1. The number of rotatable bonds is 9. The summed E-state index contributed by atoms with van der Waals surface area (Å²) in [5.41, 5.74) is 4.23. The minimum Gasteiger partial charge on any atom is -0.490 e. The van der Waals surface area contributed by atoms with E-state index in [2.05, 4.69) is 27.3 Å². The van der Waals surface area contributed by atoms with Crippen LogP contribution < -0.4 is 14.8 Å². The lowest BCUT2D eigenvalue weighted by Crippen LogP contribution is -2.21. The molecular weight excluding hydrogens is 526 g/mol. The van der Waals surface area contributed by atoms with Crippen molar-refractivity contribution in [2.75, 3.05) is 18.5 Å². The third-order valence-electron chi connectivity index (χ3n) is 5.16. The van der Waals surface area contributed by atoms with Gasteiger partial charge in [0.05, 0.1) is 27.6 Å². The standard InChI is InChI=1S/C27H24BrN3O5/c1-4-35-25-14-19(12-21(15-29)20-6-8-22(9-7-20)31(33)34)13-23(28)27(25)36-16-26(32)30-24-10-5-17(2)11-18(24)3/h5-14H,4,16H2,1-3H3,(H,30,32)/b21-12+. The lowest BCUT2D eigenvalue weighted by molar-refractivity contribution is -0.384. The van der Waals surface area contributed by atoms with Crippen LogP contribution in [0.2, 0.25) is 0 Å². The molecule has 36 heavy (non-hydrogen) atoms. The smallest absolute Gasteiger partial charge is 0.269 e. The minimum absolute atomic E-state index is 0.0551. The van der Waals surface area contributed by atoms with Crippen molar-refractivity contribution in [2.45, 2.75) is 20.8 Å². The van der Waals surface area contributed by atoms with Crippen LogP contribution in [0.15, 0.2) is 59.1 Å². The second-order valence-electron chi connectivity index (χ2n) is 7.89. The molecule has 0 aliphatic heterocycles. The predicted molar refractivity (Wildman–Crippen MR) is 142 cm³/mol. The summed E-state index contributed by atoms with van der Waals surface area (Å²) >= 11 is 3.47. The molecule has 0 spiro atoms. The van der Waals surface area contributed by atoms with E-state index in [1.165, 1.54) is 24.3 Å². The van der Waals surface area contributed by atoms with Gasteiger partial charge in [-0.2, -0.15) is 5.26 Å². The number of nitro groups is 1. The van der Waals surface area contributed by atoms with Gasteiger partial charge in [0, 0.05) is 17.8 Å². The van der Waals surface area contributed by atoms with Crippen molar-refractivity contribution in [3.05, 3.63) is 91.4 Å². The highest BCUT2D eigenvalue weighted by Gasteiger charge is 2.15. The Balaban J connectivity index is 1.81.